The van der Waals surface area contributed by atoms with E-state index in [-0.39, 0.29) is 5.91 Å². The molecule has 0 atom stereocenters. The van der Waals surface area contributed by atoms with Crippen LogP contribution in [0.3, 0.4) is 0 Å². The Morgan fingerprint density at radius 1 is 0.963 bits per heavy atom. The fourth-order valence-electron chi connectivity index (χ4n) is 3.24. The van der Waals surface area contributed by atoms with E-state index in [1.165, 1.54) is 5.56 Å². The molecular formula is C22H28N2O3. The van der Waals surface area contributed by atoms with E-state index in [1.807, 2.05) is 41.3 Å². The molecule has 0 aliphatic carbocycles. The van der Waals surface area contributed by atoms with E-state index in [0.29, 0.717) is 13.0 Å². The smallest absolute Gasteiger partial charge is 0.227 e. The van der Waals surface area contributed by atoms with Crippen LogP contribution in [0.1, 0.15) is 11.1 Å². The van der Waals surface area contributed by atoms with Crippen molar-refractivity contribution in [2.75, 3.05) is 46.4 Å². The molecule has 0 bridgehead atoms. The molecule has 0 N–H and O–H groups in total. The van der Waals surface area contributed by atoms with Crippen molar-refractivity contribution in [3.8, 4) is 11.5 Å². The average Bonchev–Trinajstić information content (AvgIpc) is 2.70. The Morgan fingerprint density at radius 2 is 1.63 bits per heavy atom. The van der Waals surface area contributed by atoms with Gasteiger partial charge < -0.3 is 14.4 Å². The summed E-state index contributed by atoms with van der Waals surface area (Å²) in [4.78, 5) is 16.8. The van der Waals surface area contributed by atoms with Crippen LogP contribution in [0.15, 0.2) is 48.5 Å². The first kappa shape index (κ1) is 19.2. The Labute approximate surface area is 161 Å². The number of carbonyl (C=O) groups is 1. The fourth-order valence-corrected chi connectivity index (χ4v) is 3.24. The predicted octanol–water partition coefficient (Wildman–Crippen LogP) is 2.77. The second-order valence-corrected chi connectivity index (χ2v) is 6.88. The minimum atomic E-state index is 0.212. The number of hydrogen-bond donors (Lipinski definition) is 0. The lowest BCUT2D eigenvalue weighted by molar-refractivity contribution is -0.132. The summed E-state index contributed by atoms with van der Waals surface area (Å²) >= 11 is 0. The second-order valence-electron chi connectivity index (χ2n) is 6.88. The maximum atomic E-state index is 12.5. The van der Waals surface area contributed by atoms with Crippen molar-refractivity contribution < 1.29 is 14.3 Å². The quantitative estimate of drug-likeness (QED) is 0.754. The molecule has 144 valence electrons. The summed E-state index contributed by atoms with van der Waals surface area (Å²) in [5, 5.41) is 0. The van der Waals surface area contributed by atoms with Gasteiger partial charge in [-0.15, -0.1) is 0 Å². The van der Waals surface area contributed by atoms with Gasteiger partial charge in [-0.25, -0.2) is 0 Å². The van der Waals surface area contributed by atoms with Crippen LogP contribution in [0, 0.1) is 6.92 Å². The third kappa shape index (κ3) is 5.47. The Bertz CT molecular complexity index is 737. The lowest BCUT2D eigenvalue weighted by Gasteiger charge is -2.34. The van der Waals surface area contributed by atoms with Gasteiger partial charge in [0.25, 0.3) is 0 Å². The molecule has 5 heteroatoms. The van der Waals surface area contributed by atoms with Crippen LogP contribution in [0.25, 0.3) is 0 Å². The average molecular weight is 368 g/mol. The molecule has 2 aromatic carbocycles. The van der Waals surface area contributed by atoms with Crippen LogP contribution >= 0.6 is 0 Å². The van der Waals surface area contributed by atoms with Gasteiger partial charge in [0.1, 0.15) is 6.61 Å². The maximum Gasteiger partial charge on any atom is 0.227 e. The first-order valence-corrected chi connectivity index (χ1v) is 9.47. The Hall–Kier alpha value is -2.53. The molecule has 5 nitrogen and oxygen atoms in total. The molecule has 1 saturated heterocycles. The Morgan fingerprint density at radius 3 is 2.30 bits per heavy atom. The lowest BCUT2D eigenvalue weighted by atomic mass is 10.1. The van der Waals surface area contributed by atoms with Gasteiger partial charge in [-0.2, -0.15) is 0 Å². The normalized spacial score (nSPS) is 14.8. The number of rotatable bonds is 7. The summed E-state index contributed by atoms with van der Waals surface area (Å²) in [6.45, 7) is 6.83. The summed E-state index contributed by atoms with van der Waals surface area (Å²) in [5.74, 6) is 1.74. The van der Waals surface area contributed by atoms with Gasteiger partial charge in [-0.3, -0.25) is 9.69 Å². The van der Waals surface area contributed by atoms with Gasteiger partial charge in [0.15, 0.2) is 11.5 Å². The zero-order chi connectivity index (χ0) is 19.1. The SMILES string of the molecule is COc1ccccc1OCCN1CCN(C(=O)Cc2ccc(C)cc2)CC1. The van der Waals surface area contributed by atoms with Gasteiger partial charge in [0.2, 0.25) is 5.91 Å². The zero-order valence-corrected chi connectivity index (χ0v) is 16.2. The summed E-state index contributed by atoms with van der Waals surface area (Å²) in [6.07, 6.45) is 0.483. The van der Waals surface area contributed by atoms with E-state index in [4.69, 9.17) is 9.47 Å². The number of ether oxygens (including phenoxy) is 2. The molecule has 1 aliphatic heterocycles. The molecule has 3 rings (SSSR count). The fraction of sp³-hybridized carbons (Fsp3) is 0.409. The number of aryl methyl sites for hydroxylation is 1. The topological polar surface area (TPSA) is 42.0 Å². The predicted molar refractivity (Wildman–Crippen MR) is 106 cm³/mol. The van der Waals surface area contributed by atoms with Crippen LogP contribution in [-0.4, -0.2) is 62.1 Å². The van der Waals surface area contributed by atoms with Crippen LogP contribution in [-0.2, 0) is 11.2 Å². The highest BCUT2D eigenvalue weighted by atomic mass is 16.5. The lowest BCUT2D eigenvalue weighted by Crippen LogP contribution is -2.49. The molecular weight excluding hydrogens is 340 g/mol. The van der Waals surface area contributed by atoms with Crippen LogP contribution in [0.4, 0.5) is 0 Å². The summed E-state index contributed by atoms with van der Waals surface area (Å²) < 4.78 is 11.1. The number of hydrogen-bond acceptors (Lipinski definition) is 4. The van der Waals surface area contributed by atoms with Crippen molar-refractivity contribution >= 4 is 5.91 Å². The highest BCUT2D eigenvalue weighted by molar-refractivity contribution is 5.78. The van der Waals surface area contributed by atoms with Crippen molar-refractivity contribution in [3.63, 3.8) is 0 Å². The highest BCUT2D eigenvalue weighted by Gasteiger charge is 2.21. The summed E-state index contributed by atoms with van der Waals surface area (Å²) in [7, 11) is 1.65. The number of para-hydroxylation sites is 2. The Kier molecular flexibility index (Phi) is 6.71. The van der Waals surface area contributed by atoms with Gasteiger partial charge in [-0.1, -0.05) is 42.0 Å². The van der Waals surface area contributed by atoms with Gasteiger partial charge in [0, 0.05) is 32.7 Å². The molecule has 1 fully saturated rings. The van der Waals surface area contributed by atoms with E-state index in [0.717, 1.165) is 49.8 Å². The van der Waals surface area contributed by atoms with Gasteiger partial charge in [0.05, 0.1) is 13.5 Å². The summed E-state index contributed by atoms with van der Waals surface area (Å²) in [5.41, 5.74) is 2.30. The van der Waals surface area contributed by atoms with E-state index >= 15 is 0 Å². The van der Waals surface area contributed by atoms with Crippen molar-refractivity contribution in [3.05, 3.63) is 59.7 Å². The minimum absolute atomic E-state index is 0.212. The molecule has 0 unspecified atom stereocenters. The monoisotopic (exact) mass is 368 g/mol. The summed E-state index contributed by atoms with van der Waals surface area (Å²) in [6, 6.07) is 15.9. The van der Waals surface area contributed by atoms with Crippen molar-refractivity contribution in [2.24, 2.45) is 0 Å². The van der Waals surface area contributed by atoms with Crippen LogP contribution < -0.4 is 9.47 Å². The van der Waals surface area contributed by atoms with E-state index in [1.54, 1.807) is 7.11 Å². The third-order valence-electron chi connectivity index (χ3n) is 4.94. The number of amides is 1. The van der Waals surface area contributed by atoms with E-state index < -0.39 is 0 Å². The van der Waals surface area contributed by atoms with E-state index in [2.05, 4.69) is 24.0 Å². The molecule has 0 spiro atoms. The standard InChI is InChI=1S/C22H28N2O3/c1-18-7-9-19(10-8-18)17-22(25)24-13-11-23(12-14-24)15-16-27-21-6-4-3-5-20(21)26-2/h3-10H,11-17H2,1-2H3. The van der Waals surface area contributed by atoms with Gasteiger partial charge >= 0.3 is 0 Å². The van der Waals surface area contributed by atoms with Crippen molar-refractivity contribution in [1.82, 2.24) is 9.80 Å². The van der Waals surface area contributed by atoms with E-state index in [9.17, 15) is 4.79 Å². The molecule has 0 radical (unpaired) electrons. The zero-order valence-electron chi connectivity index (χ0n) is 16.2. The third-order valence-corrected chi connectivity index (χ3v) is 4.94. The number of piperazine rings is 1. The number of benzene rings is 2. The number of nitrogens with zero attached hydrogens (tertiary/aromatic N) is 2. The maximum absolute atomic E-state index is 12.5. The minimum Gasteiger partial charge on any atom is -0.493 e. The molecule has 2 aromatic rings. The van der Waals surface area contributed by atoms with Crippen molar-refractivity contribution in [2.45, 2.75) is 13.3 Å². The molecule has 27 heavy (non-hydrogen) atoms. The highest BCUT2D eigenvalue weighted by Crippen LogP contribution is 2.25. The molecule has 0 aromatic heterocycles. The first-order chi connectivity index (χ1) is 13.2. The number of methoxy groups -OCH3 is 1. The largest absolute Gasteiger partial charge is 0.493 e. The second kappa shape index (κ2) is 9.42. The van der Waals surface area contributed by atoms with Crippen LogP contribution in [0.5, 0.6) is 11.5 Å². The Balaban J connectivity index is 1.39. The van der Waals surface area contributed by atoms with Gasteiger partial charge in [-0.05, 0) is 24.6 Å². The van der Waals surface area contributed by atoms with Crippen LogP contribution in [0.2, 0.25) is 0 Å². The molecule has 1 heterocycles. The molecule has 1 aliphatic rings. The van der Waals surface area contributed by atoms with Crippen molar-refractivity contribution in [1.29, 1.82) is 0 Å². The first-order valence-electron chi connectivity index (χ1n) is 9.47. The number of carbonyl (C=O) groups excluding carboxylic acids is 1. The molecule has 0 saturated carbocycles. The molecule has 1 amide bonds.